The zero-order chi connectivity index (χ0) is 11.5. The lowest BCUT2D eigenvalue weighted by Gasteiger charge is -2.26. The molecule has 4 nitrogen and oxygen atoms in total. The number of aromatic nitrogens is 2. The van der Waals surface area contributed by atoms with E-state index < -0.39 is 6.10 Å². The lowest BCUT2D eigenvalue weighted by atomic mass is 9.92. The molecule has 2 rings (SSSR count). The van der Waals surface area contributed by atoms with E-state index in [1.54, 1.807) is 4.68 Å². The van der Waals surface area contributed by atoms with Crippen LogP contribution in [0.2, 0.25) is 0 Å². The smallest absolute Gasteiger partial charge is 0.0986 e. The third kappa shape index (κ3) is 2.28. The molecule has 1 unspecified atom stereocenters. The van der Waals surface area contributed by atoms with Crippen LogP contribution in [0.1, 0.15) is 37.3 Å². The third-order valence-electron chi connectivity index (χ3n) is 3.34. The average Bonchev–Trinajstić information content (AvgIpc) is 2.71. The number of hydrogen-bond acceptors (Lipinski definition) is 3. The largest absolute Gasteiger partial charge is 0.387 e. The monoisotopic (exact) mass is 224 g/mol. The Morgan fingerprint density at radius 1 is 1.56 bits per heavy atom. The molecular formula is C12H20N2O2. The van der Waals surface area contributed by atoms with Crippen LogP contribution in [-0.4, -0.2) is 28.1 Å². The van der Waals surface area contributed by atoms with E-state index in [4.69, 9.17) is 4.74 Å². The van der Waals surface area contributed by atoms with Crippen LogP contribution in [0.25, 0.3) is 0 Å². The van der Waals surface area contributed by atoms with Crippen LogP contribution in [0.4, 0.5) is 0 Å². The zero-order valence-corrected chi connectivity index (χ0v) is 10.0. The maximum atomic E-state index is 10.3. The number of nitrogens with zero attached hydrogens (tertiary/aromatic N) is 2. The highest BCUT2D eigenvalue weighted by Crippen LogP contribution is 2.29. The van der Waals surface area contributed by atoms with Gasteiger partial charge in [-0.15, -0.1) is 0 Å². The Morgan fingerprint density at radius 2 is 2.25 bits per heavy atom. The van der Waals surface area contributed by atoms with Gasteiger partial charge in [-0.2, -0.15) is 5.10 Å². The Balaban J connectivity index is 2.12. The summed E-state index contributed by atoms with van der Waals surface area (Å²) >= 11 is 0. The second-order valence-corrected chi connectivity index (χ2v) is 4.43. The Hall–Kier alpha value is -0.870. The van der Waals surface area contributed by atoms with Crippen molar-refractivity contribution < 1.29 is 9.84 Å². The highest BCUT2D eigenvalue weighted by molar-refractivity contribution is 5.13. The summed E-state index contributed by atoms with van der Waals surface area (Å²) in [6.07, 6.45) is 2.39. The molecule has 2 heterocycles. The van der Waals surface area contributed by atoms with E-state index >= 15 is 0 Å². The summed E-state index contributed by atoms with van der Waals surface area (Å²) in [7, 11) is 1.90. The minimum Gasteiger partial charge on any atom is -0.387 e. The third-order valence-corrected chi connectivity index (χ3v) is 3.34. The van der Waals surface area contributed by atoms with E-state index in [1.165, 1.54) is 0 Å². The highest BCUT2D eigenvalue weighted by atomic mass is 16.5. The van der Waals surface area contributed by atoms with Crippen LogP contribution in [0, 0.1) is 5.92 Å². The predicted molar refractivity (Wildman–Crippen MR) is 61.1 cm³/mol. The van der Waals surface area contributed by atoms with E-state index in [2.05, 4.69) is 12.0 Å². The van der Waals surface area contributed by atoms with Crippen LogP contribution in [-0.2, 0) is 18.2 Å². The summed E-state index contributed by atoms with van der Waals surface area (Å²) in [5, 5.41) is 14.7. The molecule has 0 amide bonds. The summed E-state index contributed by atoms with van der Waals surface area (Å²) in [5.41, 5.74) is 1.98. The minimum atomic E-state index is -0.401. The van der Waals surface area contributed by atoms with Crippen molar-refractivity contribution in [2.24, 2.45) is 13.0 Å². The van der Waals surface area contributed by atoms with Crippen molar-refractivity contribution >= 4 is 0 Å². The Morgan fingerprint density at radius 3 is 2.81 bits per heavy atom. The summed E-state index contributed by atoms with van der Waals surface area (Å²) < 4.78 is 7.11. The van der Waals surface area contributed by atoms with Crippen molar-refractivity contribution in [3.63, 3.8) is 0 Å². The first-order chi connectivity index (χ1) is 7.72. The number of aryl methyl sites for hydroxylation is 2. The normalized spacial score (nSPS) is 19.9. The van der Waals surface area contributed by atoms with Gasteiger partial charge in [-0.05, 0) is 31.2 Å². The molecule has 0 spiro atoms. The van der Waals surface area contributed by atoms with E-state index in [1.807, 2.05) is 13.1 Å². The fraction of sp³-hybridized carbons (Fsp3) is 0.750. The zero-order valence-electron chi connectivity index (χ0n) is 10.0. The number of aliphatic hydroxyl groups is 1. The standard InChI is InChI=1S/C12H20N2O2/c1-3-10-8-11(14(2)13-10)12(15)9-4-6-16-7-5-9/h8-9,12,15H,3-7H2,1-2H3. The molecule has 0 aliphatic carbocycles. The SMILES string of the molecule is CCc1cc(C(O)C2CCOCC2)n(C)n1. The van der Waals surface area contributed by atoms with Gasteiger partial charge in [0.2, 0.25) is 0 Å². The number of ether oxygens (including phenoxy) is 1. The van der Waals surface area contributed by atoms with Crippen molar-refractivity contribution in [1.29, 1.82) is 0 Å². The summed E-state index contributed by atoms with van der Waals surface area (Å²) in [6.45, 7) is 3.60. The minimum absolute atomic E-state index is 0.314. The molecule has 0 bridgehead atoms. The van der Waals surface area contributed by atoms with Crippen molar-refractivity contribution in [1.82, 2.24) is 9.78 Å². The molecular weight excluding hydrogens is 204 g/mol. The first-order valence-corrected chi connectivity index (χ1v) is 6.01. The van der Waals surface area contributed by atoms with Crippen LogP contribution in [0.15, 0.2) is 6.07 Å². The van der Waals surface area contributed by atoms with E-state index in [-0.39, 0.29) is 0 Å². The number of hydrogen-bond donors (Lipinski definition) is 1. The van der Waals surface area contributed by atoms with Crippen LogP contribution < -0.4 is 0 Å². The molecule has 1 aliphatic heterocycles. The summed E-state index contributed by atoms with van der Waals surface area (Å²) in [4.78, 5) is 0. The molecule has 90 valence electrons. The molecule has 1 aliphatic rings. The van der Waals surface area contributed by atoms with Gasteiger partial charge in [0.15, 0.2) is 0 Å². The molecule has 1 atom stereocenters. The average molecular weight is 224 g/mol. The van der Waals surface area contributed by atoms with Crippen LogP contribution in [0.3, 0.4) is 0 Å². The molecule has 1 aromatic rings. The molecule has 0 saturated carbocycles. The van der Waals surface area contributed by atoms with E-state index in [0.717, 1.165) is 43.9 Å². The van der Waals surface area contributed by atoms with Crippen molar-refractivity contribution in [2.45, 2.75) is 32.3 Å². The molecule has 4 heteroatoms. The predicted octanol–water partition coefficient (Wildman–Crippen LogP) is 1.44. The van der Waals surface area contributed by atoms with Gasteiger partial charge in [-0.1, -0.05) is 6.92 Å². The van der Waals surface area contributed by atoms with E-state index in [0.29, 0.717) is 5.92 Å². The first-order valence-electron chi connectivity index (χ1n) is 6.01. The van der Waals surface area contributed by atoms with Gasteiger partial charge < -0.3 is 9.84 Å². The van der Waals surface area contributed by atoms with Gasteiger partial charge >= 0.3 is 0 Å². The lowest BCUT2D eigenvalue weighted by Crippen LogP contribution is -2.23. The Bertz CT molecular complexity index is 343. The van der Waals surface area contributed by atoms with Gasteiger partial charge in [0.05, 0.1) is 17.5 Å². The Kier molecular flexibility index (Phi) is 3.61. The van der Waals surface area contributed by atoms with Crippen molar-refractivity contribution in [2.75, 3.05) is 13.2 Å². The molecule has 16 heavy (non-hydrogen) atoms. The fourth-order valence-electron chi connectivity index (χ4n) is 2.27. The van der Waals surface area contributed by atoms with Gasteiger partial charge in [-0.25, -0.2) is 0 Å². The second-order valence-electron chi connectivity index (χ2n) is 4.43. The van der Waals surface area contributed by atoms with Crippen molar-refractivity contribution in [3.05, 3.63) is 17.5 Å². The number of aliphatic hydroxyl groups excluding tert-OH is 1. The molecule has 0 aromatic carbocycles. The summed E-state index contributed by atoms with van der Waals surface area (Å²) in [6, 6.07) is 2.01. The fourth-order valence-corrected chi connectivity index (χ4v) is 2.27. The topological polar surface area (TPSA) is 47.3 Å². The first kappa shape index (κ1) is 11.6. The molecule has 1 aromatic heterocycles. The van der Waals surface area contributed by atoms with Gasteiger partial charge in [0, 0.05) is 20.3 Å². The maximum absolute atomic E-state index is 10.3. The quantitative estimate of drug-likeness (QED) is 0.845. The molecule has 1 N–H and O–H groups in total. The molecule has 1 saturated heterocycles. The van der Waals surface area contributed by atoms with Gasteiger partial charge in [0.25, 0.3) is 0 Å². The van der Waals surface area contributed by atoms with E-state index in [9.17, 15) is 5.11 Å². The lowest BCUT2D eigenvalue weighted by molar-refractivity contribution is 0.00418. The summed E-state index contributed by atoms with van der Waals surface area (Å²) in [5.74, 6) is 0.314. The van der Waals surface area contributed by atoms with Gasteiger partial charge in [0.1, 0.15) is 0 Å². The van der Waals surface area contributed by atoms with Crippen LogP contribution >= 0.6 is 0 Å². The van der Waals surface area contributed by atoms with Gasteiger partial charge in [-0.3, -0.25) is 4.68 Å². The highest BCUT2D eigenvalue weighted by Gasteiger charge is 2.25. The Labute approximate surface area is 96.2 Å². The maximum Gasteiger partial charge on any atom is 0.0986 e. The number of rotatable bonds is 3. The van der Waals surface area contributed by atoms with Crippen molar-refractivity contribution in [3.8, 4) is 0 Å². The second kappa shape index (κ2) is 4.97. The molecule has 1 fully saturated rings. The molecule has 0 radical (unpaired) electrons. The van der Waals surface area contributed by atoms with Crippen LogP contribution in [0.5, 0.6) is 0 Å².